The first-order valence-corrected chi connectivity index (χ1v) is 7.98. The van der Waals surface area contributed by atoms with Crippen LogP contribution in [0.2, 0.25) is 0 Å². The second kappa shape index (κ2) is 4.94. The van der Waals surface area contributed by atoms with Crippen LogP contribution in [0.15, 0.2) is 0 Å². The van der Waals surface area contributed by atoms with E-state index in [2.05, 4.69) is 10.2 Å². The molecule has 2 atom stereocenters. The highest BCUT2D eigenvalue weighted by molar-refractivity contribution is 7.91. The van der Waals surface area contributed by atoms with E-state index in [1.54, 1.807) is 0 Å². The van der Waals surface area contributed by atoms with Gasteiger partial charge in [0.15, 0.2) is 9.84 Å². The van der Waals surface area contributed by atoms with Gasteiger partial charge < -0.3 is 10.2 Å². The van der Waals surface area contributed by atoms with Crippen molar-refractivity contribution in [3.63, 3.8) is 0 Å². The standard InChI is InChI=1S/C11H20N2O3S/c1-13-5-2-3-9(7-13)11(14)12-10-4-6-17(15,16)8-10/h9-10H,2-8H2,1H3,(H,12,14). The lowest BCUT2D eigenvalue weighted by Crippen LogP contribution is -2.45. The van der Waals surface area contributed by atoms with Crippen molar-refractivity contribution in [1.82, 2.24) is 10.2 Å². The Bertz CT molecular complexity index is 394. The number of amides is 1. The van der Waals surface area contributed by atoms with Gasteiger partial charge in [0.05, 0.1) is 17.4 Å². The molecule has 0 spiro atoms. The number of hydrogen-bond acceptors (Lipinski definition) is 4. The molecule has 2 aliphatic heterocycles. The Balaban J connectivity index is 1.85. The highest BCUT2D eigenvalue weighted by Crippen LogP contribution is 2.17. The molecule has 0 aliphatic carbocycles. The molecule has 0 radical (unpaired) electrons. The lowest BCUT2D eigenvalue weighted by Gasteiger charge is -2.29. The summed E-state index contributed by atoms with van der Waals surface area (Å²) in [7, 11) is -0.894. The first-order valence-electron chi connectivity index (χ1n) is 6.15. The first kappa shape index (κ1) is 12.8. The zero-order chi connectivity index (χ0) is 12.5. The van der Waals surface area contributed by atoms with E-state index in [9.17, 15) is 13.2 Å². The predicted octanol–water partition coefficient (Wildman–Crippen LogP) is -0.368. The zero-order valence-corrected chi connectivity index (χ0v) is 11.0. The summed E-state index contributed by atoms with van der Waals surface area (Å²) in [5.41, 5.74) is 0. The molecule has 2 heterocycles. The molecule has 1 amide bonds. The van der Waals surface area contributed by atoms with E-state index in [-0.39, 0.29) is 29.4 Å². The summed E-state index contributed by atoms with van der Waals surface area (Å²) < 4.78 is 22.6. The Morgan fingerprint density at radius 2 is 2.12 bits per heavy atom. The Labute approximate surface area is 102 Å². The topological polar surface area (TPSA) is 66.5 Å². The Morgan fingerprint density at radius 1 is 1.35 bits per heavy atom. The van der Waals surface area contributed by atoms with Crippen LogP contribution in [-0.2, 0) is 14.6 Å². The van der Waals surface area contributed by atoms with Crippen LogP contribution in [0, 0.1) is 5.92 Å². The molecule has 0 aromatic heterocycles. The Hall–Kier alpha value is -0.620. The summed E-state index contributed by atoms with van der Waals surface area (Å²) in [5.74, 6) is 0.375. The van der Waals surface area contributed by atoms with Gasteiger partial charge in [-0.3, -0.25) is 4.79 Å². The van der Waals surface area contributed by atoms with Crippen LogP contribution in [0.1, 0.15) is 19.3 Å². The molecule has 2 aliphatic rings. The second-order valence-electron chi connectivity index (χ2n) is 5.21. The molecule has 0 aromatic rings. The van der Waals surface area contributed by atoms with E-state index < -0.39 is 9.84 Å². The molecule has 5 nitrogen and oxygen atoms in total. The van der Waals surface area contributed by atoms with Crippen LogP contribution >= 0.6 is 0 Å². The van der Waals surface area contributed by atoms with Gasteiger partial charge in [-0.1, -0.05) is 0 Å². The van der Waals surface area contributed by atoms with Crippen molar-refractivity contribution < 1.29 is 13.2 Å². The fraction of sp³-hybridized carbons (Fsp3) is 0.909. The number of nitrogens with zero attached hydrogens (tertiary/aromatic N) is 1. The van der Waals surface area contributed by atoms with Crippen LogP contribution < -0.4 is 5.32 Å². The van der Waals surface area contributed by atoms with Gasteiger partial charge in [0, 0.05) is 12.6 Å². The number of nitrogens with one attached hydrogen (secondary N) is 1. The monoisotopic (exact) mass is 260 g/mol. The minimum Gasteiger partial charge on any atom is -0.352 e. The van der Waals surface area contributed by atoms with Crippen LogP contribution in [0.5, 0.6) is 0 Å². The van der Waals surface area contributed by atoms with Crippen molar-refractivity contribution in [2.45, 2.75) is 25.3 Å². The quantitative estimate of drug-likeness (QED) is 0.736. The third-order valence-corrected chi connectivity index (χ3v) is 5.34. The van der Waals surface area contributed by atoms with E-state index in [0.29, 0.717) is 6.42 Å². The van der Waals surface area contributed by atoms with E-state index in [1.807, 2.05) is 7.05 Å². The Kier molecular flexibility index (Phi) is 3.73. The smallest absolute Gasteiger partial charge is 0.224 e. The third-order valence-electron chi connectivity index (χ3n) is 3.57. The number of likely N-dealkylation sites (tertiary alicyclic amines) is 1. The van der Waals surface area contributed by atoms with Crippen LogP contribution in [0.3, 0.4) is 0 Å². The number of hydrogen-bond donors (Lipinski definition) is 1. The lowest BCUT2D eigenvalue weighted by atomic mass is 9.97. The summed E-state index contributed by atoms with van der Waals surface area (Å²) >= 11 is 0. The molecule has 98 valence electrons. The molecule has 2 unspecified atom stereocenters. The van der Waals surface area contributed by atoms with E-state index in [0.717, 1.165) is 25.9 Å². The molecular weight excluding hydrogens is 240 g/mol. The molecule has 1 N–H and O–H groups in total. The molecule has 0 aromatic carbocycles. The first-order chi connectivity index (χ1) is 7.96. The summed E-state index contributed by atoms with van der Waals surface area (Å²) in [6.45, 7) is 1.83. The minimum atomic E-state index is -2.91. The normalized spacial score (nSPS) is 33.5. The van der Waals surface area contributed by atoms with Crippen LogP contribution in [-0.4, -0.2) is 56.9 Å². The predicted molar refractivity (Wildman–Crippen MR) is 65.4 cm³/mol. The van der Waals surface area contributed by atoms with E-state index >= 15 is 0 Å². The lowest BCUT2D eigenvalue weighted by molar-refractivity contribution is -0.127. The second-order valence-corrected chi connectivity index (χ2v) is 7.44. The highest BCUT2D eigenvalue weighted by Gasteiger charge is 2.31. The fourth-order valence-electron chi connectivity index (χ4n) is 2.61. The summed E-state index contributed by atoms with van der Waals surface area (Å²) in [6.07, 6.45) is 2.52. The average Bonchev–Trinajstić information content (AvgIpc) is 2.58. The van der Waals surface area contributed by atoms with Crippen molar-refractivity contribution >= 4 is 15.7 Å². The summed E-state index contributed by atoms with van der Waals surface area (Å²) in [5, 5.41) is 2.88. The molecule has 17 heavy (non-hydrogen) atoms. The molecule has 2 saturated heterocycles. The van der Waals surface area contributed by atoms with Crippen molar-refractivity contribution in [1.29, 1.82) is 0 Å². The highest BCUT2D eigenvalue weighted by atomic mass is 32.2. The molecule has 2 rings (SSSR count). The number of carbonyl (C=O) groups is 1. The zero-order valence-electron chi connectivity index (χ0n) is 10.2. The number of carbonyl (C=O) groups excluding carboxylic acids is 1. The maximum atomic E-state index is 12.0. The van der Waals surface area contributed by atoms with Gasteiger partial charge in [-0.15, -0.1) is 0 Å². The summed E-state index contributed by atoms with van der Waals surface area (Å²) in [4.78, 5) is 14.1. The summed E-state index contributed by atoms with van der Waals surface area (Å²) in [6, 6.07) is -0.167. The van der Waals surface area contributed by atoms with Gasteiger partial charge in [0.25, 0.3) is 0 Å². The van der Waals surface area contributed by atoms with Gasteiger partial charge in [-0.05, 0) is 32.9 Å². The fourth-order valence-corrected chi connectivity index (χ4v) is 4.28. The maximum Gasteiger partial charge on any atom is 0.224 e. The van der Waals surface area contributed by atoms with Gasteiger partial charge in [-0.25, -0.2) is 8.42 Å². The van der Waals surface area contributed by atoms with E-state index in [4.69, 9.17) is 0 Å². The molecule has 2 fully saturated rings. The van der Waals surface area contributed by atoms with Crippen molar-refractivity contribution in [3.05, 3.63) is 0 Å². The van der Waals surface area contributed by atoms with Gasteiger partial charge in [-0.2, -0.15) is 0 Å². The SMILES string of the molecule is CN1CCCC(C(=O)NC2CCS(=O)(=O)C2)C1. The molecule has 6 heteroatoms. The molecule has 0 bridgehead atoms. The van der Waals surface area contributed by atoms with E-state index in [1.165, 1.54) is 0 Å². The average molecular weight is 260 g/mol. The number of sulfone groups is 1. The maximum absolute atomic E-state index is 12.0. The number of piperidine rings is 1. The number of rotatable bonds is 2. The van der Waals surface area contributed by atoms with Crippen LogP contribution in [0.4, 0.5) is 0 Å². The largest absolute Gasteiger partial charge is 0.352 e. The van der Waals surface area contributed by atoms with Crippen molar-refractivity contribution in [3.8, 4) is 0 Å². The third kappa shape index (κ3) is 3.42. The molecule has 0 saturated carbocycles. The van der Waals surface area contributed by atoms with Crippen molar-refractivity contribution in [2.24, 2.45) is 5.92 Å². The van der Waals surface area contributed by atoms with Gasteiger partial charge in [0.2, 0.25) is 5.91 Å². The molecular formula is C11H20N2O3S. The Morgan fingerprint density at radius 3 is 2.71 bits per heavy atom. The van der Waals surface area contributed by atoms with Gasteiger partial charge >= 0.3 is 0 Å². The van der Waals surface area contributed by atoms with Crippen molar-refractivity contribution in [2.75, 3.05) is 31.6 Å². The van der Waals surface area contributed by atoms with Gasteiger partial charge in [0.1, 0.15) is 0 Å². The minimum absolute atomic E-state index is 0.0251. The van der Waals surface area contributed by atoms with Crippen LogP contribution in [0.25, 0.3) is 0 Å².